The molecule has 0 spiro atoms. The predicted octanol–water partition coefficient (Wildman–Crippen LogP) is 0.743. The number of carbonyl (C=O) groups is 2. The Morgan fingerprint density at radius 2 is 1.61 bits per heavy atom. The van der Waals surface area contributed by atoms with Crippen LogP contribution in [0.1, 0.15) is 25.7 Å². The van der Waals surface area contributed by atoms with Gasteiger partial charge in [0.15, 0.2) is 0 Å². The van der Waals surface area contributed by atoms with Gasteiger partial charge in [-0.15, -0.1) is 13.2 Å². The average Bonchev–Trinajstić information content (AvgIpc) is 2.37. The van der Waals surface area contributed by atoms with Crippen LogP contribution < -0.4 is 5.11 Å². The molecule has 0 unspecified atom stereocenters. The molecule has 4 heteroatoms. The number of carboxylic acids is 1. The first-order chi connectivity index (χ1) is 8.61. The normalized spacial score (nSPS) is 23.1. The second-order valence-electron chi connectivity index (χ2n) is 4.64. The third kappa shape index (κ3) is 3.45. The van der Waals surface area contributed by atoms with Crippen molar-refractivity contribution < 1.29 is 14.7 Å². The molecule has 0 bridgehead atoms. The molecule has 0 aromatic carbocycles. The van der Waals surface area contributed by atoms with Gasteiger partial charge in [0.1, 0.15) is 0 Å². The lowest BCUT2D eigenvalue weighted by Crippen LogP contribution is -2.46. The van der Waals surface area contributed by atoms with Crippen LogP contribution in [-0.4, -0.2) is 29.9 Å². The molecule has 0 radical (unpaired) electrons. The zero-order valence-corrected chi connectivity index (χ0v) is 10.6. The number of carboxylic acid groups (broad SMARTS) is 1. The van der Waals surface area contributed by atoms with Crippen molar-refractivity contribution in [2.75, 3.05) is 13.1 Å². The van der Waals surface area contributed by atoms with Gasteiger partial charge in [-0.1, -0.05) is 25.0 Å². The van der Waals surface area contributed by atoms with E-state index in [0.29, 0.717) is 25.9 Å². The summed E-state index contributed by atoms with van der Waals surface area (Å²) >= 11 is 0. The van der Waals surface area contributed by atoms with Crippen molar-refractivity contribution in [1.29, 1.82) is 0 Å². The molecule has 0 aromatic rings. The van der Waals surface area contributed by atoms with Crippen molar-refractivity contribution in [3.63, 3.8) is 0 Å². The number of carbonyl (C=O) groups excluding carboxylic acids is 2. The van der Waals surface area contributed by atoms with Crippen LogP contribution >= 0.6 is 0 Å². The first-order valence-corrected chi connectivity index (χ1v) is 6.33. The Morgan fingerprint density at radius 1 is 1.11 bits per heavy atom. The molecule has 1 fully saturated rings. The Balaban J connectivity index is 2.79. The molecule has 18 heavy (non-hydrogen) atoms. The van der Waals surface area contributed by atoms with Gasteiger partial charge < -0.3 is 14.8 Å². The lowest BCUT2D eigenvalue weighted by Gasteiger charge is -2.34. The molecule has 1 rings (SSSR count). The van der Waals surface area contributed by atoms with Crippen molar-refractivity contribution in [2.24, 2.45) is 11.8 Å². The summed E-state index contributed by atoms with van der Waals surface area (Å²) in [4.78, 5) is 25.0. The van der Waals surface area contributed by atoms with Crippen molar-refractivity contribution in [3.05, 3.63) is 25.3 Å². The van der Waals surface area contributed by atoms with Crippen molar-refractivity contribution in [2.45, 2.75) is 25.7 Å². The molecule has 0 N–H and O–H groups in total. The van der Waals surface area contributed by atoms with E-state index in [1.54, 1.807) is 17.1 Å². The maximum absolute atomic E-state index is 12.3. The molecule has 4 nitrogen and oxygen atoms in total. The summed E-state index contributed by atoms with van der Waals surface area (Å²) in [7, 11) is 0. The van der Waals surface area contributed by atoms with E-state index in [-0.39, 0.29) is 5.91 Å². The van der Waals surface area contributed by atoms with Gasteiger partial charge in [0.25, 0.3) is 0 Å². The molecule has 0 aromatic heterocycles. The van der Waals surface area contributed by atoms with Crippen molar-refractivity contribution in [3.8, 4) is 0 Å². The standard InChI is InChI=1S/C14H21NO3/c1-3-9-15(10-4-2)13(16)11-7-5-6-8-12(11)14(17)18/h3-4,11-12H,1-2,5-10H2,(H,17,18)/p-1/t11-,12-/m0/s1. The van der Waals surface area contributed by atoms with Crippen LogP contribution in [0, 0.1) is 11.8 Å². The SMILES string of the molecule is C=CCN(CC=C)C(=O)[C@H]1CCCC[C@@H]1C(=O)[O-]. The monoisotopic (exact) mass is 250 g/mol. The van der Waals surface area contributed by atoms with Gasteiger partial charge in [-0.3, -0.25) is 4.79 Å². The third-order valence-corrected chi connectivity index (χ3v) is 3.40. The highest BCUT2D eigenvalue weighted by molar-refractivity contribution is 5.84. The number of rotatable bonds is 6. The van der Waals surface area contributed by atoms with Crippen molar-refractivity contribution >= 4 is 11.9 Å². The molecular formula is C14H20NO3-. The Kier molecular flexibility index (Phi) is 5.62. The molecule has 0 saturated heterocycles. The van der Waals surface area contributed by atoms with Gasteiger partial charge in [-0.2, -0.15) is 0 Å². The van der Waals surface area contributed by atoms with Crippen LogP contribution in [-0.2, 0) is 9.59 Å². The first kappa shape index (κ1) is 14.5. The molecule has 1 aliphatic rings. The van der Waals surface area contributed by atoms with E-state index in [1.807, 2.05) is 0 Å². The minimum atomic E-state index is -1.11. The maximum atomic E-state index is 12.3. The fourth-order valence-electron chi connectivity index (χ4n) is 2.51. The van der Waals surface area contributed by atoms with Crippen LogP contribution in [0.5, 0.6) is 0 Å². The van der Waals surface area contributed by atoms with Crippen LogP contribution in [0.2, 0.25) is 0 Å². The van der Waals surface area contributed by atoms with Gasteiger partial charge in [0.05, 0.1) is 0 Å². The van der Waals surface area contributed by atoms with Crippen LogP contribution in [0.15, 0.2) is 25.3 Å². The van der Waals surface area contributed by atoms with E-state index in [1.165, 1.54) is 0 Å². The summed E-state index contributed by atoms with van der Waals surface area (Å²) in [6.45, 7) is 8.05. The Hall–Kier alpha value is -1.58. The van der Waals surface area contributed by atoms with Gasteiger partial charge in [-0.25, -0.2) is 0 Å². The van der Waals surface area contributed by atoms with E-state index in [9.17, 15) is 14.7 Å². The molecule has 2 atom stereocenters. The average molecular weight is 250 g/mol. The zero-order valence-electron chi connectivity index (χ0n) is 10.6. The highest BCUT2D eigenvalue weighted by atomic mass is 16.4. The maximum Gasteiger partial charge on any atom is 0.226 e. The summed E-state index contributed by atoms with van der Waals surface area (Å²) in [6, 6.07) is 0. The number of nitrogens with zero attached hydrogens (tertiary/aromatic N) is 1. The van der Waals surface area contributed by atoms with E-state index in [0.717, 1.165) is 12.8 Å². The molecule has 1 aliphatic carbocycles. The Morgan fingerprint density at radius 3 is 2.06 bits per heavy atom. The van der Waals surface area contributed by atoms with Crippen LogP contribution in [0.3, 0.4) is 0 Å². The van der Waals surface area contributed by atoms with E-state index in [4.69, 9.17) is 0 Å². The number of hydrogen-bond acceptors (Lipinski definition) is 3. The molecule has 0 heterocycles. The fourth-order valence-corrected chi connectivity index (χ4v) is 2.51. The summed E-state index contributed by atoms with van der Waals surface area (Å²) in [5.41, 5.74) is 0. The zero-order chi connectivity index (χ0) is 13.5. The molecule has 1 amide bonds. The lowest BCUT2D eigenvalue weighted by molar-refractivity contribution is -0.314. The first-order valence-electron chi connectivity index (χ1n) is 6.33. The second kappa shape index (κ2) is 6.99. The third-order valence-electron chi connectivity index (χ3n) is 3.40. The van der Waals surface area contributed by atoms with Gasteiger partial charge in [0.2, 0.25) is 5.91 Å². The summed E-state index contributed by atoms with van der Waals surface area (Å²) in [5.74, 6) is -2.33. The van der Waals surface area contributed by atoms with Crippen LogP contribution in [0.4, 0.5) is 0 Å². The van der Waals surface area contributed by atoms with E-state index >= 15 is 0 Å². The highest BCUT2D eigenvalue weighted by Gasteiger charge is 2.33. The van der Waals surface area contributed by atoms with Crippen LogP contribution in [0.25, 0.3) is 0 Å². The van der Waals surface area contributed by atoms with E-state index in [2.05, 4.69) is 13.2 Å². The smallest absolute Gasteiger partial charge is 0.226 e. The summed E-state index contributed by atoms with van der Waals surface area (Å²) in [6.07, 6.45) is 6.19. The lowest BCUT2D eigenvalue weighted by atomic mass is 9.78. The molecule has 1 saturated carbocycles. The number of hydrogen-bond donors (Lipinski definition) is 0. The van der Waals surface area contributed by atoms with Gasteiger partial charge in [0, 0.05) is 30.9 Å². The fraction of sp³-hybridized carbons (Fsp3) is 0.571. The highest BCUT2D eigenvalue weighted by Crippen LogP contribution is 2.31. The second-order valence-corrected chi connectivity index (χ2v) is 4.64. The van der Waals surface area contributed by atoms with Gasteiger partial charge in [-0.05, 0) is 12.8 Å². The Labute approximate surface area is 108 Å². The minimum Gasteiger partial charge on any atom is -0.550 e. The Bertz CT molecular complexity index is 328. The van der Waals surface area contributed by atoms with Gasteiger partial charge >= 0.3 is 0 Å². The quantitative estimate of drug-likeness (QED) is 0.653. The number of amides is 1. The minimum absolute atomic E-state index is 0.122. The summed E-state index contributed by atoms with van der Waals surface area (Å²) in [5, 5.41) is 11.1. The number of aliphatic carboxylic acids is 1. The topological polar surface area (TPSA) is 60.4 Å². The molecule has 0 aliphatic heterocycles. The molecular weight excluding hydrogens is 230 g/mol. The largest absolute Gasteiger partial charge is 0.550 e. The van der Waals surface area contributed by atoms with Crippen molar-refractivity contribution in [1.82, 2.24) is 4.90 Å². The predicted molar refractivity (Wildman–Crippen MR) is 67.4 cm³/mol. The molecule has 100 valence electrons. The summed E-state index contributed by atoms with van der Waals surface area (Å²) < 4.78 is 0. The van der Waals surface area contributed by atoms with E-state index < -0.39 is 17.8 Å².